The van der Waals surface area contributed by atoms with Crippen molar-refractivity contribution >= 4 is 33.3 Å². The highest BCUT2D eigenvalue weighted by atomic mass is 32.1. The Balaban J connectivity index is 1.68. The fraction of sp³-hybridized carbons (Fsp3) is 0.588. The molecule has 0 atom stereocenters. The molecule has 122 valence electrons. The summed E-state index contributed by atoms with van der Waals surface area (Å²) >= 11 is 1.85. The van der Waals surface area contributed by atoms with Crippen molar-refractivity contribution in [2.75, 3.05) is 25.0 Å². The summed E-state index contributed by atoms with van der Waals surface area (Å²) in [6, 6.07) is 0. The first-order valence-corrected chi connectivity index (χ1v) is 9.24. The van der Waals surface area contributed by atoms with Crippen LogP contribution in [-0.2, 0) is 17.6 Å². The van der Waals surface area contributed by atoms with Gasteiger partial charge < -0.3 is 10.2 Å². The van der Waals surface area contributed by atoms with Crippen molar-refractivity contribution in [2.45, 2.75) is 39.0 Å². The highest BCUT2D eigenvalue weighted by Gasteiger charge is 2.28. The largest absolute Gasteiger partial charge is 0.359 e. The molecular weight excluding hydrogens is 308 g/mol. The monoisotopic (exact) mass is 330 g/mol. The maximum atomic E-state index is 11.8. The number of piperidine rings is 1. The van der Waals surface area contributed by atoms with Crippen molar-refractivity contribution in [2.24, 2.45) is 5.92 Å². The lowest BCUT2D eigenvalue weighted by molar-refractivity contribution is -0.125. The maximum absolute atomic E-state index is 11.8. The topological polar surface area (TPSA) is 58.1 Å². The molecule has 0 radical (unpaired) electrons. The summed E-state index contributed by atoms with van der Waals surface area (Å²) in [6.45, 7) is 3.77. The zero-order chi connectivity index (χ0) is 16.0. The number of nitrogens with zero attached hydrogens (tertiary/aromatic N) is 3. The SMILES string of the molecule is CNC(=O)C1CCN(c2nc(C)nc3sc4c(c23)CCC4)CC1. The molecule has 0 spiro atoms. The minimum atomic E-state index is 0.142. The van der Waals surface area contributed by atoms with Gasteiger partial charge in [0.15, 0.2) is 0 Å². The van der Waals surface area contributed by atoms with Crippen LogP contribution in [0.2, 0.25) is 0 Å². The van der Waals surface area contributed by atoms with Gasteiger partial charge in [-0.05, 0) is 44.6 Å². The summed E-state index contributed by atoms with van der Waals surface area (Å²) < 4.78 is 0. The molecule has 1 aliphatic carbocycles. The third kappa shape index (κ3) is 2.49. The van der Waals surface area contributed by atoms with Gasteiger partial charge in [-0.25, -0.2) is 9.97 Å². The molecule has 4 rings (SSSR count). The molecule has 0 saturated carbocycles. The predicted octanol–water partition coefficient (Wildman–Crippen LogP) is 2.45. The number of aromatic nitrogens is 2. The number of carbonyl (C=O) groups is 1. The zero-order valence-corrected chi connectivity index (χ0v) is 14.5. The Morgan fingerprint density at radius 3 is 2.78 bits per heavy atom. The van der Waals surface area contributed by atoms with Gasteiger partial charge in [0.05, 0.1) is 5.39 Å². The third-order valence-electron chi connectivity index (χ3n) is 5.07. The van der Waals surface area contributed by atoms with Crippen LogP contribution in [-0.4, -0.2) is 36.0 Å². The van der Waals surface area contributed by atoms with Crippen LogP contribution in [0.15, 0.2) is 0 Å². The van der Waals surface area contributed by atoms with Crippen molar-refractivity contribution in [3.63, 3.8) is 0 Å². The van der Waals surface area contributed by atoms with Crippen LogP contribution in [0.5, 0.6) is 0 Å². The number of hydrogen-bond acceptors (Lipinski definition) is 5. The molecule has 1 fully saturated rings. The average Bonchev–Trinajstić information content (AvgIpc) is 3.14. The number of rotatable bonds is 2. The van der Waals surface area contributed by atoms with Gasteiger partial charge in [-0.15, -0.1) is 11.3 Å². The number of aryl methyl sites for hydroxylation is 3. The van der Waals surface area contributed by atoms with E-state index in [-0.39, 0.29) is 11.8 Å². The summed E-state index contributed by atoms with van der Waals surface area (Å²) in [5, 5.41) is 4.06. The molecule has 0 unspecified atom stereocenters. The summed E-state index contributed by atoms with van der Waals surface area (Å²) in [5.74, 6) is 2.26. The number of fused-ring (bicyclic) bond motifs is 3. The standard InChI is InChI=1S/C17H22N4OS/c1-10-19-15(21-8-6-11(7-9-21)16(22)18-2)14-12-4-3-5-13(12)23-17(14)20-10/h11H,3-9H2,1-2H3,(H,18,22). The van der Waals surface area contributed by atoms with Crippen LogP contribution in [0.4, 0.5) is 5.82 Å². The number of nitrogens with one attached hydrogen (secondary N) is 1. The number of hydrogen-bond donors (Lipinski definition) is 1. The molecule has 5 nitrogen and oxygen atoms in total. The van der Waals surface area contributed by atoms with Crippen LogP contribution >= 0.6 is 11.3 Å². The Morgan fingerprint density at radius 2 is 2.04 bits per heavy atom. The second-order valence-corrected chi connectivity index (χ2v) is 7.59. The number of anilines is 1. The van der Waals surface area contributed by atoms with E-state index in [2.05, 4.69) is 15.2 Å². The molecular formula is C17H22N4OS. The van der Waals surface area contributed by atoms with E-state index in [1.807, 2.05) is 18.3 Å². The molecule has 2 aliphatic rings. The first kappa shape index (κ1) is 14.9. The molecule has 23 heavy (non-hydrogen) atoms. The zero-order valence-electron chi connectivity index (χ0n) is 13.7. The van der Waals surface area contributed by atoms with E-state index in [1.54, 1.807) is 7.05 Å². The number of amides is 1. The van der Waals surface area contributed by atoms with Gasteiger partial charge in [-0.3, -0.25) is 4.79 Å². The number of carbonyl (C=O) groups excluding carboxylic acids is 1. The molecule has 1 saturated heterocycles. The Hall–Kier alpha value is -1.69. The number of thiophene rings is 1. The minimum Gasteiger partial charge on any atom is -0.359 e. The molecule has 3 heterocycles. The Labute approximate surface area is 140 Å². The normalized spacial score (nSPS) is 18.4. The fourth-order valence-electron chi connectivity index (χ4n) is 3.87. The Morgan fingerprint density at radius 1 is 1.26 bits per heavy atom. The first-order chi connectivity index (χ1) is 11.2. The lowest BCUT2D eigenvalue weighted by Gasteiger charge is -2.32. The maximum Gasteiger partial charge on any atom is 0.222 e. The Kier molecular flexibility index (Phi) is 3.71. The second-order valence-electron chi connectivity index (χ2n) is 6.51. The third-order valence-corrected chi connectivity index (χ3v) is 6.25. The van der Waals surface area contributed by atoms with Crippen molar-refractivity contribution in [1.82, 2.24) is 15.3 Å². The van der Waals surface area contributed by atoms with Crippen LogP contribution in [0.3, 0.4) is 0 Å². The van der Waals surface area contributed by atoms with Crippen LogP contribution in [0.1, 0.15) is 35.5 Å². The smallest absolute Gasteiger partial charge is 0.222 e. The van der Waals surface area contributed by atoms with E-state index in [0.717, 1.165) is 48.8 Å². The molecule has 1 N–H and O–H groups in total. The summed E-state index contributed by atoms with van der Waals surface area (Å²) in [7, 11) is 1.72. The Bertz CT molecular complexity index is 762. The molecule has 1 amide bonds. The van der Waals surface area contributed by atoms with Crippen LogP contribution in [0.25, 0.3) is 10.2 Å². The average molecular weight is 330 g/mol. The van der Waals surface area contributed by atoms with E-state index in [0.29, 0.717) is 0 Å². The highest BCUT2D eigenvalue weighted by Crippen LogP contribution is 2.41. The highest BCUT2D eigenvalue weighted by molar-refractivity contribution is 7.19. The van der Waals surface area contributed by atoms with Gasteiger partial charge in [0.2, 0.25) is 5.91 Å². The lowest BCUT2D eigenvalue weighted by Crippen LogP contribution is -2.40. The van der Waals surface area contributed by atoms with Crippen molar-refractivity contribution < 1.29 is 4.79 Å². The quantitative estimate of drug-likeness (QED) is 0.919. The van der Waals surface area contributed by atoms with Gasteiger partial charge in [0.25, 0.3) is 0 Å². The minimum absolute atomic E-state index is 0.142. The molecule has 6 heteroatoms. The van der Waals surface area contributed by atoms with Gasteiger partial charge in [0.1, 0.15) is 16.5 Å². The first-order valence-electron chi connectivity index (χ1n) is 8.43. The van der Waals surface area contributed by atoms with Crippen molar-refractivity contribution in [1.29, 1.82) is 0 Å². The predicted molar refractivity (Wildman–Crippen MR) is 93.2 cm³/mol. The van der Waals surface area contributed by atoms with Gasteiger partial charge in [-0.1, -0.05) is 0 Å². The molecule has 2 aromatic heterocycles. The van der Waals surface area contributed by atoms with Gasteiger partial charge in [0, 0.05) is 30.9 Å². The fourth-order valence-corrected chi connectivity index (χ4v) is 5.17. The van der Waals surface area contributed by atoms with Crippen LogP contribution < -0.4 is 10.2 Å². The van der Waals surface area contributed by atoms with Crippen LogP contribution in [0, 0.1) is 12.8 Å². The van der Waals surface area contributed by atoms with E-state index in [9.17, 15) is 4.79 Å². The summed E-state index contributed by atoms with van der Waals surface area (Å²) in [4.78, 5) is 26.3. The van der Waals surface area contributed by atoms with Crippen molar-refractivity contribution in [3.8, 4) is 0 Å². The van der Waals surface area contributed by atoms with E-state index in [4.69, 9.17) is 4.98 Å². The lowest BCUT2D eigenvalue weighted by atomic mass is 9.96. The summed E-state index contributed by atoms with van der Waals surface area (Å²) in [5.41, 5.74) is 1.48. The molecule has 2 aromatic rings. The van der Waals surface area contributed by atoms with E-state index < -0.39 is 0 Å². The van der Waals surface area contributed by atoms with Crippen molar-refractivity contribution in [3.05, 3.63) is 16.3 Å². The van der Waals surface area contributed by atoms with Gasteiger partial charge >= 0.3 is 0 Å². The molecule has 1 aliphatic heterocycles. The van der Waals surface area contributed by atoms with E-state index in [1.165, 1.54) is 28.7 Å². The van der Waals surface area contributed by atoms with E-state index >= 15 is 0 Å². The summed E-state index contributed by atoms with van der Waals surface area (Å²) in [6.07, 6.45) is 5.40. The second kappa shape index (κ2) is 5.74. The molecule has 0 aromatic carbocycles. The van der Waals surface area contributed by atoms with Gasteiger partial charge in [-0.2, -0.15) is 0 Å². The molecule has 0 bridgehead atoms.